The average Bonchev–Trinajstić information content (AvgIpc) is 2.83. The van der Waals surface area contributed by atoms with E-state index < -0.39 is 36.8 Å². The number of carbonyl (C=O) groups is 1. The van der Waals surface area contributed by atoms with Crippen molar-refractivity contribution in [2.24, 2.45) is 0 Å². The number of fused-ring (bicyclic) bond motifs is 1. The fourth-order valence-corrected chi connectivity index (χ4v) is 4.71. The lowest BCUT2D eigenvalue weighted by Gasteiger charge is -2.42. The van der Waals surface area contributed by atoms with E-state index >= 15 is 0 Å². The zero-order chi connectivity index (χ0) is 27.0. The van der Waals surface area contributed by atoms with E-state index in [1.807, 2.05) is 0 Å². The molecule has 0 aromatic heterocycles. The molecule has 6 N–H and O–H groups in total. The Balaban J connectivity index is 1.70. The number of phenols is 2. The second-order valence-corrected chi connectivity index (χ2v) is 9.20. The third-order valence-electron chi connectivity index (χ3n) is 6.52. The van der Waals surface area contributed by atoms with E-state index in [9.17, 15) is 35.4 Å². The molecule has 4 rings (SSSR count). The zero-order valence-corrected chi connectivity index (χ0v) is 20.5. The van der Waals surface area contributed by atoms with Gasteiger partial charge in [-0.1, -0.05) is 18.2 Å². The minimum Gasteiger partial charge on any atom is -0.508 e. The Morgan fingerprint density at radius 1 is 1.05 bits per heavy atom. The number of hydrogen-bond acceptors (Lipinski definition) is 10. The van der Waals surface area contributed by atoms with Crippen LogP contribution in [0.1, 0.15) is 28.4 Å². The molecule has 1 heterocycles. The van der Waals surface area contributed by atoms with Crippen molar-refractivity contribution in [3.63, 3.8) is 0 Å². The van der Waals surface area contributed by atoms with Crippen LogP contribution in [0.2, 0.25) is 0 Å². The molecular weight excluding hydrogens is 484 g/mol. The van der Waals surface area contributed by atoms with Crippen LogP contribution < -0.4 is 9.47 Å². The van der Waals surface area contributed by atoms with Gasteiger partial charge in [-0.15, -0.1) is 0 Å². The molecule has 10 heteroatoms. The molecular formula is C27H30O10. The first kappa shape index (κ1) is 26.6. The third kappa shape index (κ3) is 5.20. The summed E-state index contributed by atoms with van der Waals surface area (Å²) < 4.78 is 17.0. The second-order valence-electron chi connectivity index (χ2n) is 9.20. The van der Waals surface area contributed by atoms with Crippen LogP contribution in [0.15, 0.2) is 42.5 Å². The minimum absolute atomic E-state index is 0.00337. The molecule has 0 spiro atoms. The summed E-state index contributed by atoms with van der Waals surface area (Å²) in [6.45, 7) is 3.00. The Bertz CT molecular complexity index is 1310. The monoisotopic (exact) mass is 514 g/mol. The summed E-state index contributed by atoms with van der Waals surface area (Å²) >= 11 is 0. The van der Waals surface area contributed by atoms with Crippen molar-refractivity contribution >= 4 is 16.6 Å². The molecule has 1 saturated heterocycles. The number of carbonyl (C=O) groups excluding carboxylic acids is 1. The van der Waals surface area contributed by atoms with E-state index in [1.54, 1.807) is 31.2 Å². The van der Waals surface area contributed by atoms with Crippen LogP contribution in [0.25, 0.3) is 10.8 Å². The summed E-state index contributed by atoms with van der Waals surface area (Å²) in [6, 6.07) is 10.9. The number of hydrogen-bond donors (Lipinski definition) is 6. The maximum Gasteiger partial charge on any atom is 0.229 e. The highest BCUT2D eigenvalue weighted by atomic mass is 16.7. The fraction of sp³-hybridized carbons (Fsp3) is 0.370. The number of aromatic hydroxyl groups is 2. The molecule has 0 saturated carbocycles. The van der Waals surface area contributed by atoms with Gasteiger partial charge in [-0.2, -0.15) is 0 Å². The Morgan fingerprint density at radius 2 is 1.78 bits per heavy atom. The van der Waals surface area contributed by atoms with Crippen LogP contribution in [0, 0.1) is 6.92 Å². The second kappa shape index (κ2) is 10.5. The van der Waals surface area contributed by atoms with Gasteiger partial charge in [0.25, 0.3) is 0 Å². The van der Waals surface area contributed by atoms with Gasteiger partial charge in [-0.3, -0.25) is 4.79 Å². The highest BCUT2D eigenvalue weighted by Gasteiger charge is 2.47. The van der Waals surface area contributed by atoms with Gasteiger partial charge in [0.1, 0.15) is 47.4 Å². The summed E-state index contributed by atoms with van der Waals surface area (Å²) in [4.78, 5) is 12.2. The van der Waals surface area contributed by atoms with Gasteiger partial charge in [-0.05, 0) is 48.6 Å². The molecule has 10 nitrogen and oxygen atoms in total. The van der Waals surface area contributed by atoms with Crippen LogP contribution in [-0.4, -0.2) is 80.3 Å². The first-order valence-corrected chi connectivity index (χ1v) is 11.7. The predicted molar refractivity (Wildman–Crippen MR) is 132 cm³/mol. The quantitative estimate of drug-likeness (QED) is 0.255. The third-order valence-corrected chi connectivity index (χ3v) is 6.52. The number of phenolic OH excluding ortho intramolecular Hbond substituents is 2. The number of ether oxygens (including phenoxy) is 3. The van der Waals surface area contributed by atoms with Crippen molar-refractivity contribution < 1.29 is 49.6 Å². The van der Waals surface area contributed by atoms with E-state index in [1.165, 1.54) is 32.2 Å². The summed E-state index contributed by atoms with van der Waals surface area (Å²) in [7, 11) is 1.43. The molecule has 6 unspecified atom stereocenters. The molecule has 6 atom stereocenters. The number of benzene rings is 3. The average molecular weight is 515 g/mol. The first-order chi connectivity index (χ1) is 17.5. The number of rotatable bonds is 7. The molecule has 198 valence electrons. The van der Waals surface area contributed by atoms with Gasteiger partial charge in [0.2, 0.25) is 6.29 Å². The molecule has 0 bridgehead atoms. The smallest absolute Gasteiger partial charge is 0.229 e. The van der Waals surface area contributed by atoms with Crippen molar-refractivity contribution in [3.05, 3.63) is 59.2 Å². The van der Waals surface area contributed by atoms with Crippen molar-refractivity contribution in [1.29, 1.82) is 0 Å². The highest BCUT2D eigenvalue weighted by molar-refractivity contribution is 6.07. The number of aliphatic hydroxyl groups excluding tert-OH is 4. The molecule has 1 fully saturated rings. The zero-order valence-electron chi connectivity index (χ0n) is 20.5. The Labute approximate surface area is 212 Å². The van der Waals surface area contributed by atoms with Crippen molar-refractivity contribution in [3.8, 4) is 23.0 Å². The Morgan fingerprint density at radius 3 is 2.43 bits per heavy atom. The molecule has 1 aliphatic rings. The van der Waals surface area contributed by atoms with Crippen molar-refractivity contribution in [2.45, 2.75) is 57.1 Å². The predicted octanol–water partition coefficient (Wildman–Crippen LogP) is 1.56. The molecule has 0 radical (unpaired) electrons. The largest absolute Gasteiger partial charge is 0.508 e. The number of aryl methyl sites for hydroxylation is 1. The number of methoxy groups -OCH3 is 1. The number of ketones is 1. The lowest BCUT2D eigenvalue weighted by molar-refractivity contribution is -0.287. The summed E-state index contributed by atoms with van der Waals surface area (Å²) in [5.41, 5.74) is 1.19. The van der Waals surface area contributed by atoms with Crippen LogP contribution in [0.5, 0.6) is 23.0 Å². The van der Waals surface area contributed by atoms with E-state index in [0.717, 1.165) is 0 Å². The lowest BCUT2D eigenvalue weighted by Crippen LogP contribution is -2.62. The Hall–Kier alpha value is -3.41. The summed E-state index contributed by atoms with van der Waals surface area (Å²) in [6.07, 6.45) is -9.42. The van der Waals surface area contributed by atoms with Crippen LogP contribution in [0.3, 0.4) is 0 Å². The molecule has 0 aliphatic carbocycles. The molecule has 0 amide bonds. The molecule has 37 heavy (non-hydrogen) atoms. The van der Waals surface area contributed by atoms with Gasteiger partial charge in [0, 0.05) is 12.5 Å². The van der Waals surface area contributed by atoms with Crippen LogP contribution >= 0.6 is 0 Å². The van der Waals surface area contributed by atoms with Gasteiger partial charge in [0.05, 0.1) is 24.2 Å². The first-order valence-electron chi connectivity index (χ1n) is 11.7. The number of Topliss-reactive ketones (excluding diaryl/α,β-unsaturated/α-hetero) is 1. The van der Waals surface area contributed by atoms with Gasteiger partial charge in [-0.25, -0.2) is 0 Å². The van der Waals surface area contributed by atoms with E-state index in [0.29, 0.717) is 22.3 Å². The van der Waals surface area contributed by atoms with Crippen LogP contribution in [0.4, 0.5) is 0 Å². The molecule has 1 aliphatic heterocycles. The fourth-order valence-electron chi connectivity index (χ4n) is 4.71. The highest BCUT2D eigenvalue weighted by Crippen LogP contribution is 2.42. The number of aliphatic hydroxyl groups is 4. The lowest BCUT2D eigenvalue weighted by atomic mass is 9.92. The topological polar surface area (TPSA) is 166 Å². The Kier molecular flexibility index (Phi) is 7.58. The van der Waals surface area contributed by atoms with Gasteiger partial charge >= 0.3 is 0 Å². The summed E-state index contributed by atoms with van der Waals surface area (Å²) in [5.74, 6) is -0.351. The van der Waals surface area contributed by atoms with Crippen molar-refractivity contribution in [1.82, 2.24) is 0 Å². The molecule has 3 aromatic carbocycles. The van der Waals surface area contributed by atoms with E-state index in [-0.39, 0.29) is 40.4 Å². The van der Waals surface area contributed by atoms with E-state index in [4.69, 9.17) is 14.2 Å². The van der Waals surface area contributed by atoms with Crippen molar-refractivity contribution in [2.75, 3.05) is 7.11 Å². The van der Waals surface area contributed by atoms with Crippen LogP contribution in [-0.2, 0) is 11.2 Å². The maximum atomic E-state index is 12.2. The SMILES string of the molecule is COc1cc(OC2OC(C(O)Cc3cccc(O)c3)C(O)C(O)C2O)c2c(O)c(C(C)=O)c(C)cc2c1. The van der Waals surface area contributed by atoms with Gasteiger partial charge < -0.3 is 44.8 Å². The standard InChI is InChI=1S/C27H30O10/c1-12-7-15-10-17(35-3)11-19(21(15)22(31)20(12)13(2)28)36-27-25(34)23(32)24(33)26(37-27)18(30)9-14-5-4-6-16(29)8-14/h4-8,10-11,18,23-27,29-34H,9H2,1-3H3. The minimum atomic E-state index is -1.73. The summed E-state index contributed by atoms with van der Waals surface area (Å²) in [5, 5.41) is 63.8. The van der Waals surface area contributed by atoms with Gasteiger partial charge in [0.15, 0.2) is 5.78 Å². The molecule has 3 aromatic rings. The maximum absolute atomic E-state index is 12.2. The normalized spacial score (nSPS) is 24.6. The van der Waals surface area contributed by atoms with E-state index in [2.05, 4.69) is 0 Å².